The van der Waals surface area contributed by atoms with Crippen molar-refractivity contribution in [3.8, 4) is 0 Å². The Morgan fingerprint density at radius 2 is 2.08 bits per heavy atom. The summed E-state index contributed by atoms with van der Waals surface area (Å²) in [5.74, 6) is 1.74. The maximum absolute atomic E-state index is 4.53. The second-order valence-electron chi connectivity index (χ2n) is 7.65. The van der Waals surface area contributed by atoms with Crippen LogP contribution in [0.3, 0.4) is 0 Å². The topological polar surface area (TPSA) is 51.9 Å². The van der Waals surface area contributed by atoms with E-state index in [-0.39, 0.29) is 0 Å². The van der Waals surface area contributed by atoms with Crippen LogP contribution in [0.4, 0.5) is 0 Å². The van der Waals surface area contributed by atoms with E-state index in [9.17, 15) is 0 Å². The second kappa shape index (κ2) is 8.19. The summed E-state index contributed by atoms with van der Waals surface area (Å²) in [5.41, 5.74) is 1.34. The standard InChI is InChI=1S/C18H33N7/c1-19-18(20-11-17-14-22(2)7-8-23(17)3)25-6-5-15(13-25)9-16-10-21-24(4)12-16/h10,12,15,17H,5-9,11,13-14H2,1-4H3,(H,19,20). The Morgan fingerprint density at radius 3 is 2.80 bits per heavy atom. The second-order valence-corrected chi connectivity index (χ2v) is 7.65. The van der Waals surface area contributed by atoms with Gasteiger partial charge in [-0.15, -0.1) is 0 Å². The highest BCUT2D eigenvalue weighted by Gasteiger charge is 2.27. The van der Waals surface area contributed by atoms with Crippen LogP contribution in [0.1, 0.15) is 12.0 Å². The highest BCUT2D eigenvalue weighted by molar-refractivity contribution is 5.80. The lowest BCUT2D eigenvalue weighted by Crippen LogP contribution is -2.55. The van der Waals surface area contributed by atoms with Crippen LogP contribution < -0.4 is 5.32 Å². The molecule has 2 fully saturated rings. The molecule has 3 rings (SSSR count). The minimum Gasteiger partial charge on any atom is -0.355 e. The molecule has 1 aromatic rings. The number of hydrogen-bond acceptors (Lipinski definition) is 4. The molecule has 2 atom stereocenters. The largest absolute Gasteiger partial charge is 0.355 e. The highest BCUT2D eigenvalue weighted by atomic mass is 15.3. The van der Waals surface area contributed by atoms with Gasteiger partial charge in [0.15, 0.2) is 5.96 Å². The van der Waals surface area contributed by atoms with Crippen molar-refractivity contribution in [1.82, 2.24) is 29.8 Å². The van der Waals surface area contributed by atoms with Gasteiger partial charge >= 0.3 is 0 Å². The van der Waals surface area contributed by atoms with Crippen molar-refractivity contribution < 1.29 is 0 Å². The molecule has 2 saturated heterocycles. The van der Waals surface area contributed by atoms with Crippen molar-refractivity contribution in [1.29, 1.82) is 0 Å². The van der Waals surface area contributed by atoms with Gasteiger partial charge in [0.2, 0.25) is 0 Å². The van der Waals surface area contributed by atoms with Crippen molar-refractivity contribution in [2.45, 2.75) is 18.9 Å². The first kappa shape index (κ1) is 18.2. The van der Waals surface area contributed by atoms with Crippen molar-refractivity contribution in [3.63, 3.8) is 0 Å². The summed E-state index contributed by atoms with van der Waals surface area (Å²) in [6, 6.07) is 0.546. The zero-order valence-corrected chi connectivity index (χ0v) is 16.1. The fraction of sp³-hybridized carbons (Fsp3) is 0.778. The van der Waals surface area contributed by atoms with Gasteiger partial charge in [0.05, 0.1) is 6.20 Å². The molecule has 0 bridgehead atoms. The Hall–Kier alpha value is -1.60. The number of hydrogen-bond donors (Lipinski definition) is 1. The Balaban J connectivity index is 1.48. The maximum atomic E-state index is 4.53. The number of aryl methyl sites for hydroxylation is 1. The first-order valence-corrected chi connectivity index (χ1v) is 9.37. The molecule has 2 unspecified atom stereocenters. The van der Waals surface area contributed by atoms with E-state index in [0.717, 1.165) is 51.6 Å². The molecular weight excluding hydrogens is 314 g/mol. The molecule has 0 aromatic carbocycles. The summed E-state index contributed by atoms with van der Waals surface area (Å²) >= 11 is 0. The molecule has 0 saturated carbocycles. The highest BCUT2D eigenvalue weighted by Crippen LogP contribution is 2.20. The van der Waals surface area contributed by atoms with Crippen LogP contribution in [0.5, 0.6) is 0 Å². The predicted molar refractivity (Wildman–Crippen MR) is 102 cm³/mol. The Morgan fingerprint density at radius 1 is 1.24 bits per heavy atom. The lowest BCUT2D eigenvalue weighted by molar-refractivity contribution is 0.116. The third kappa shape index (κ3) is 4.73. The van der Waals surface area contributed by atoms with E-state index in [1.165, 1.54) is 12.0 Å². The van der Waals surface area contributed by atoms with Gasteiger partial charge in [-0.05, 0) is 38.4 Å². The van der Waals surface area contributed by atoms with Crippen molar-refractivity contribution in [2.75, 3.05) is 60.4 Å². The van der Waals surface area contributed by atoms with Gasteiger partial charge in [-0.1, -0.05) is 0 Å². The lowest BCUT2D eigenvalue weighted by atomic mass is 10.0. The molecule has 3 heterocycles. The fourth-order valence-electron chi connectivity index (χ4n) is 3.97. The molecule has 0 spiro atoms. The Labute approximate surface area is 151 Å². The molecule has 0 amide bonds. The van der Waals surface area contributed by atoms with E-state index < -0.39 is 0 Å². The average Bonchev–Trinajstić information content (AvgIpc) is 3.21. The molecule has 2 aliphatic rings. The Bertz CT molecular complexity index is 582. The zero-order chi connectivity index (χ0) is 17.8. The number of likely N-dealkylation sites (N-methyl/N-ethyl adjacent to an activating group) is 2. The SMILES string of the molecule is CN=C(NCC1CN(C)CCN1C)N1CCC(Cc2cnn(C)c2)C1. The summed E-state index contributed by atoms with van der Waals surface area (Å²) in [4.78, 5) is 11.8. The van der Waals surface area contributed by atoms with Crippen molar-refractivity contribution >= 4 is 5.96 Å². The van der Waals surface area contributed by atoms with Gasteiger partial charge in [0.1, 0.15) is 0 Å². The molecule has 0 aliphatic carbocycles. The molecule has 1 N–H and O–H groups in total. The molecular formula is C18H33N7. The van der Waals surface area contributed by atoms with Gasteiger partial charge in [0.25, 0.3) is 0 Å². The lowest BCUT2D eigenvalue weighted by Gasteiger charge is -2.38. The van der Waals surface area contributed by atoms with Gasteiger partial charge in [-0.2, -0.15) is 5.10 Å². The molecule has 0 radical (unpaired) electrons. The van der Waals surface area contributed by atoms with E-state index in [2.05, 4.69) is 50.4 Å². The number of aliphatic imine (C=N–C) groups is 1. The zero-order valence-electron chi connectivity index (χ0n) is 16.1. The summed E-state index contributed by atoms with van der Waals surface area (Å²) < 4.78 is 1.89. The minimum absolute atomic E-state index is 0.546. The van der Waals surface area contributed by atoms with Gasteiger partial charge in [-0.25, -0.2) is 0 Å². The quantitative estimate of drug-likeness (QED) is 0.619. The number of rotatable bonds is 4. The first-order chi connectivity index (χ1) is 12.0. The number of nitrogens with zero attached hydrogens (tertiary/aromatic N) is 6. The normalized spacial score (nSPS) is 26.4. The molecule has 25 heavy (non-hydrogen) atoms. The number of piperazine rings is 1. The molecule has 7 heteroatoms. The third-order valence-electron chi connectivity index (χ3n) is 5.56. The predicted octanol–water partition coefficient (Wildman–Crippen LogP) is 0.106. The van der Waals surface area contributed by atoms with Crippen LogP contribution >= 0.6 is 0 Å². The molecule has 7 nitrogen and oxygen atoms in total. The monoisotopic (exact) mass is 347 g/mol. The number of likely N-dealkylation sites (tertiary alicyclic amines) is 1. The van der Waals surface area contributed by atoms with E-state index in [1.54, 1.807) is 0 Å². The van der Waals surface area contributed by atoms with Gasteiger partial charge in [0, 0.05) is 65.6 Å². The van der Waals surface area contributed by atoms with Crippen LogP contribution in [-0.2, 0) is 13.5 Å². The average molecular weight is 348 g/mol. The van der Waals surface area contributed by atoms with E-state index in [1.807, 2.05) is 25.0 Å². The fourth-order valence-corrected chi connectivity index (χ4v) is 3.97. The van der Waals surface area contributed by atoms with E-state index in [4.69, 9.17) is 0 Å². The van der Waals surface area contributed by atoms with Crippen LogP contribution in [0.15, 0.2) is 17.4 Å². The minimum atomic E-state index is 0.546. The van der Waals surface area contributed by atoms with Crippen LogP contribution in [0.25, 0.3) is 0 Å². The molecule has 140 valence electrons. The van der Waals surface area contributed by atoms with Crippen molar-refractivity contribution in [3.05, 3.63) is 18.0 Å². The summed E-state index contributed by atoms with van der Waals surface area (Å²) in [5, 5.41) is 7.89. The van der Waals surface area contributed by atoms with Gasteiger partial charge < -0.3 is 15.1 Å². The maximum Gasteiger partial charge on any atom is 0.193 e. The third-order valence-corrected chi connectivity index (χ3v) is 5.56. The number of aromatic nitrogens is 2. The first-order valence-electron chi connectivity index (χ1n) is 9.37. The summed E-state index contributed by atoms with van der Waals surface area (Å²) in [6.07, 6.45) is 6.45. The van der Waals surface area contributed by atoms with Crippen LogP contribution in [0.2, 0.25) is 0 Å². The van der Waals surface area contributed by atoms with Crippen LogP contribution in [-0.4, -0.2) is 96.9 Å². The van der Waals surface area contributed by atoms with E-state index in [0.29, 0.717) is 12.0 Å². The van der Waals surface area contributed by atoms with Crippen LogP contribution in [0, 0.1) is 5.92 Å². The van der Waals surface area contributed by atoms with E-state index >= 15 is 0 Å². The van der Waals surface area contributed by atoms with Gasteiger partial charge in [-0.3, -0.25) is 14.6 Å². The summed E-state index contributed by atoms with van der Waals surface area (Å²) in [6.45, 7) is 6.53. The Kier molecular flexibility index (Phi) is 5.96. The number of nitrogens with one attached hydrogen (secondary N) is 1. The molecule has 2 aliphatic heterocycles. The summed E-state index contributed by atoms with van der Waals surface area (Å²) in [7, 11) is 8.31. The van der Waals surface area contributed by atoms with Crippen molar-refractivity contribution in [2.24, 2.45) is 18.0 Å². The smallest absolute Gasteiger partial charge is 0.193 e. The number of guanidine groups is 1. The molecule has 1 aromatic heterocycles.